The summed E-state index contributed by atoms with van der Waals surface area (Å²) in [4.78, 5) is 10.2. The van der Waals surface area contributed by atoms with E-state index in [0.717, 1.165) is 6.21 Å². The molecule has 1 aromatic rings. The zero-order valence-corrected chi connectivity index (χ0v) is 8.32. The number of benzene rings is 1. The highest BCUT2D eigenvalue weighted by molar-refractivity contribution is 6.57. The summed E-state index contributed by atoms with van der Waals surface area (Å²) < 4.78 is 0. The van der Waals surface area contributed by atoms with Crippen molar-refractivity contribution in [3.05, 3.63) is 29.3 Å². The Morgan fingerprint density at radius 1 is 1.60 bits per heavy atom. The van der Waals surface area contributed by atoms with Crippen LogP contribution in [-0.4, -0.2) is 23.0 Å². The van der Waals surface area contributed by atoms with E-state index in [2.05, 4.69) is 10.5 Å². The predicted molar refractivity (Wildman–Crippen MR) is 58.9 cm³/mol. The summed E-state index contributed by atoms with van der Waals surface area (Å²) >= 11 is 5.71. The number of anilines is 1. The van der Waals surface area contributed by atoms with E-state index in [9.17, 15) is 4.79 Å². The van der Waals surface area contributed by atoms with Crippen molar-refractivity contribution >= 4 is 35.2 Å². The van der Waals surface area contributed by atoms with E-state index in [-0.39, 0.29) is 0 Å². The summed E-state index contributed by atoms with van der Waals surface area (Å²) in [6.45, 7) is 0. The quantitative estimate of drug-likeness (QED) is 0.540. The Bertz CT molecular complexity index is 418. The molecule has 0 aliphatic heterocycles. The Labute approximate surface area is 90.9 Å². The second-order valence-corrected chi connectivity index (χ2v) is 3.04. The average molecular weight is 226 g/mol. The molecule has 5 nitrogen and oxygen atoms in total. The number of hydrogen-bond donors (Lipinski definition) is 3. The Kier molecular flexibility index (Phi) is 3.82. The molecule has 15 heavy (non-hydrogen) atoms. The Balaban J connectivity index is 2.57. The minimum atomic E-state index is -1.33. The zero-order chi connectivity index (χ0) is 11.3. The van der Waals surface area contributed by atoms with E-state index >= 15 is 0 Å². The second-order valence-electron chi connectivity index (χ2n) is 2.60. The average Bonchev–Trinajstić information content (AvgIpc) is 2.17. The zero-order valence-electron chi connectivity index (χ0n) is 7.57. The monoisotopic (exact) mass is 225 g/mol. The van der Waals surface area contributed by atoms with Crippen LogP contribution in [0.4, 0.5) is 5.69 Å². The van der Waals surface area contributed by atoms with E-state index < -0.39 is 11.7 Å². The number of carbonyl (C=O) groups is 1. The molecule has 0 amide bonds. The summed E-state index contributed by atoms with van der Waals surface area (Å²) in [6.07, 6.45) is 0.906. The Morgan fingerprint density at radius 3 is 2.93 bits per heavy atom. The fraction of sp³-hybridized carbons (Fsp3) is 0. The number of aliphatic carboxylic acids is 1. The van der Waals surface area contributed by atoms with E-state index in [1.165, 1.54) is 0 Å². The Hall–Kier alpha value is -1.88. The number of nitrogens with one attached hydrogen (secondary N) is 2. The van der Waals surface area contributed by atoms with E-state index in [0.29, 0.717) is 10.7 Å². The first-order chi connectivity index (χ1) is 7.09. The van der Waals surface area contributed by atoms with Gasteiger partial charge in [-0.15, -0.1) is 0 Å². The highest BCUT2D eigenvalue weighted by Crippen LogP contribution is 2.14. The van der Waals surface area contributed by atoms with Gasteiger partial charge >= 0.3 is 5.97 Å². The number of hydrazone groups is 1. The van der Waals surface area contributed by atoms with Gasteiger partial charge in [0, 0.05) is 5.02 Å². The molecule has 0 saturated carbocycles. The molecule has 1 aromatic carbocycles. The van der Waals surface area contributed by atoms with Gasteiger partial charge in [-0.3, -0.25) is 10.8 Å². The molecule has 0 saturated heterocycles. The molecule has 0 radical (unpaired) electrons. The van der Waals surface area contributed by atoms with E-state index in [1.54, 1.807) is 24.3 Å². The van der Waals surface area contributed by atoms with Gasteiger partial charge in [0.05, 0.1) is 11.9 Å². The van der Waals surface area contributed by atoms with Crippen molar-refractivity contribution in [2.75, 3.05) is 5.43 Å². The lowest BCUT2D eigenvalue weighted by Gasteiger charge is -1.99. The molecule has 1 rings (SSSR count). The fourth-order valence-electron chi connectivity index (χ4n) is 0.785. The third kappa shape index (κ3) is 3.78. The molecule has 78 valence electrons. The van der Waals surface area contributed by atoms with Crippen LogP contribution in [0.15, 0.2) is 29.4 Å². The summed E-state index contributed by atoms with van der Waals surface area (Å²) in [5.41, 5.74) is 2.58. The number of nitrogens with zero attached hydrogens (tertiary/aromatic N) is 1. The van der Waals surface area contributed by atoms with Crippen LogP contribution in [0.3, 0.4) is 0 Å². The van der Waals surface area contributed by atoms with Gasteiger partial charge in [0.15, 0.2) is 5.71 Å². The van der Waals surface area contributed by atoms with Crippen molar-refractivity contribution in [2.24, 2.45) is 5.10 Å². The van der Waals surface area contributed by atoms with Crippen molar-refractivity contribution in [2.45, 2.75) is 0 Å². The highest BCUT2D eigenvalue weighted by Gasteiger charge is 2.01. The molecule has 0 aromatic heterocycles. The normalized spacial score (nSPS) is 10.2. The summed E-state index contributed by atoms with van der Waals surface area (Å²) in [6, 6.07) is 6.77. The van der Waals surface area contributed by atoms with Crippen LogP contribution < -0.4 is 5.43 Å². The molecule has 0 spiro atoms. The SMILES string of the molecule is N=C(/C=N\Nc1cccc(Cl)c1)C(=O)O. The molecule has 0 heterocycles. The standard InChI is InChI=1S/C9H8ClN3O2/c10-6-2-1-3-7(4-6)13-12-5-8(11)9(14)15/h1-5,11,13H,(H,14,15)/b11-8?,12-5-. The van der Waals surface area contributed by atoms with Gasteiger partial charge in [-0.1, -0.05) is 17.7 Å². The molecule has 3 N–H and O–H groups in total. The predicted octanol–water partition coefficient (Wildman–Crippen LogP) is 1.84. The number of carboxylic acid groups (broad SMARTS) is 1. The van der Waals surface area contributed by atoms with Gasteiger partial charge < -0.3 is 5.11 Å². The van der Waals surface area contributed by atoms with Gasteiger partial charge in [-0.2, -0.15) is 5.10 Å². The first-order valence-electron chi connectivity index (χ1n) is 3.96. The fourth-order valence-corrected chi connectivity index (χ4v) is 0.975. The van der Waals surface area contributed by atoms with Gasteiger partial charge in [-0.05, 0) is 18.2 Å². The minimum Gasteiger partial charge on any atom is -0.476 e. The third-order valence-electron chi connectivity index (χ3n) is 1.44. The van der Waals surface area contributed by atoms with Gasteiger partial charge in [0.2, 0.25) is 0 Å². The largest absolute Gasteiger partial charge is 0.476 e. The van der Waals surface area contributed by atoms with Crippen LogP contribution in [0.1, 0.15) is 0 Å². The van der Waals surface area contributed by atoms with Crippen LogP contribution in [0.2, 0.25) is 5.02 Å². The maximum Gasteiger partial charge on any atom is 0.355 e. The van der Waals surface area contributed by atoms with Crippen molar-refractivity contribution in [1.82, 2.24) is 0 Å². The van der Waals surface area contributed by atoms with Crippen LogP contribution in [0.25, 0.3) is 0 Å². The molecule has 6 heteroatoms. The molecule has 0 aliphatic carbocycles. The molecule has 0 fully saturated rings. The number of carboxylic acids is 1. The molecule has 0 aliphatic rings. The lowest BCUT2D eigenvalue weighted by molar-refractivity contribution is -0.129. The third-order valence-corrected chi connectivity index (χ3v) is 1.68. The van der Waals surface area contributed by atoms with Gasteiger partial charge in [-0.25, -0.2) is 4.79 Å². The van der Waals surface area contributed by atoms with Gasteiger partial charge in [0.1, 0.15) is 0 Å². The first-order valence-corrected chi connectivity index (χ1v) is 4.34. The van der Waals surface area contributed by atoms with E-state index in [1.807, 2.05) is 0 Å². The van der Waals surface area contributed by atoms with Crippen LogP contribution in [0, 0.1) is 5.41 Å². The lowest BCUT2D eigenvalue weighted by Crippen LogP contribution is -2.13. The smallest absolute Gasteiger partial charge is 0.355 e. The van der Waals surface area contributed by atoms with Crippen molar-refractivity contribution in [3.8, 4) is 0 Å². The number of halogens is 1. The minimum absolute atomic E-state index is 0.545. The second kappa shape index (κ2) is 5.11. The van der Waals surface area contributed by atoms with Crippen LogP contribution in [-0.2, 0) is 4.79 Å². The van der Waals surface area contributed by atoms with Crippen LogP contribution >= 0.6 is 11.6 Å². The number of hydrogen-bond acceptors (Lipinski definition) is 4. The van der Waals surface area contributed by atoms with Crippen LogP contribution in [0.5, 0.6) is 0 Å². The summed E-state index contributed by atoms with van der Waals surface area (Å²) in [5, 5.41) is 19.4. The highest BCUT2D eigenvalue weighted by atomic mass is 35.5. The van der Waals surface area contributed by atoms with Crippen molar-refractivity contribution in [1.29, 1.82) is 5.41 Å². The first kappa shape index (κ1) is 11.2. The van der Waals surface area contributed by atoms with Crippen molar-refractivity contribution in [3.63, 3.8) is 0 Å². The topological polar surface area (TPSA) is 85.5 Å². The summed E-state index contributed by atoms with van der Waals surface area (Å²) in [7, 11) is 0. The maximum atomic E-state index is 10.2. The summed E-state index contributed by atoms with van der Waals surface area (Å²) in [5.74, 6) is -1.33. The maximum absolute atomic E-state index is 10.2. The van der Waals surface area contributed by atoms with Gasteiger partial charge in [0.25, 0.3) is 0 Å². The molecule has 0 bridgehead atoms. The molecule has 0 unspecified atom stereocenters. The van der Waals surface area contributed by atoms with Crippen molar-refractivity contribution < 1.29 is 9.90 Å². The number of rotatable bonds is 4. The molecular formula is C9H8ClN3O2. The molecule has 0 atom stereocenters. The van der Waals surface area contributed by atoms with E-state index in [4.69, 9.17) is 22.1 Å². The lowest BCUT2D eigenvalue weighted by atomic mass is 10.3. The molecular weight excluding hydrogens is 218 g/mol. The Morgan fingerprint density at radius 2 is 2.33 bits per heavy atom.